The average molecular weight is 405 g/mol. The minimum Gasteiger partial charge on any atom is -0.451 e. The van der Waals surface area contributed by atoms with Crippen LogP contribution in [0.25, 0.3) is 10.9 Å². The van der Waals surface area contributed by atoms with Crippen LogP contribution in [-0.2, 0) is 22.4 Å². The summed E-state index contributed by atoms with van der Waals surface area (Å²) >= 11 is 1.44. The largest absolute Gasteiger partial charge is 0.451 e. The van der Waals surface area contributed by atoms with Gasteiger partial charge in [-0.2, -0.15) is 5.26 Å². The Hall–Kier alpha value is -3.24. The second-order valence-electron chi connectivity index (χ2n) is 7.18. The van der Waals surface area contributed by atoms with Gasteiger partial charge < -0.3 is 10.1 Å². The fourth-order valence-electron chi connectivity index (χ4n) is 3.50. The minimum absolute atomic E-state index is 0.148. The van der Waals surface area contributed by atoms with Gasteiger partial charge in [-0.1, -0.05) is 31.2 Å². The van der Waals surface area contributed by atoms with E-state index in [4.69, 9.17) is 4.74 Å². The second-order valence-corrected chi connectivity index (χ2v) is 8.29. The maximum absolute atomic E-state index is 12.3. The number of hydrogen-bond donors (Lipinski definition) is 1. The van der Waals surface area contributed by atoms with E-state index in [0.717, 1.165) is 35.1 Å². The highest BCUT2D eigenvalue weighted by Crippen LogP contribution is 2.39. The van der Waals surface area contributed by atoms with Crippen molar-refractivity contribution >= 4 is 39.1 Å². The SMILES string of the molecule is C[C@H]1CCc2c(sc(NC(=O)COC(=O)c3ccc4ccccc4n3)c2C#N)C1. The van der Waals surface area contributed by atoms with Crippen molar-refractivity contribution < 1.29 is 14.3 Å². The van der Waals surface area contributed by atoms with Gasteiger partial charge in [0.15, 0.2) is 6.61 Å². The van der Waals surface area contributed by atoms with E-state index in [-0.39, 0.29) is 5.69 Å². The maximum Gasteiger partial charge on any atom is 0.357 e. The molecule has 1 aliphatic rings. The topological polar surface area (TPSA) is 92.1 Å². The molecule has 1 atom stereocenters. The number of amides is 1. The van der Waals surface area contributed by atoms with Crippen LogP contribution in [0.4, 0.5) is 5.00 Å². The molecule has 6 nitrogen and oxygen atoms in total. The average Bonchev–Trinajstić information content (AvgIpc) is 3.07. The van der Waals surface area contributed by atoms with Crippen molar-refractivity contribution in [3.8, 4) is 6.07 Å². The third-order valence-electron chi connectivity index (χ3n) is 5.02. The van der Waals surface area contributed by atoms with Crippen LogP contribution in [0.3, 0.4) is 0 Å². The van der Waals surface area contributed by atoms with Crippen molar-refractivity contribution in [1.29, 1.82) is 5.26 Å². The Morgan fingerprint density at radius 2 is 2.14 bits per heavy atom. The van der Waals surface area contributed by atoms with Crippen LogP contribution in [0, 0.1) is 17.2 Å². The van der Waals surface area contributed by atoms with Gasteiger partial charge in [-0.15, -0.1) is 11.3 Å². The molecule has 2 heterocycles. The lowest BCUT2D eigenvalue weighted by molar-refractivity contribution is -0.119. The number of ether oxygens (including phenoxy) is 1. The zero-order valence-corrected chi connectivity index (χ0v) is 16.7. The molecule has 0 aliphatic heterocycles. The van der Waals surface area contributed by atoms with E-state index in [1.165, 1.54) is 11.3 Å². The number of para-hydroxylation sites is 1. The molecule has 0 unspecified atom stereocenters. The zero-order chi connectivity index (χ0) is 20.4. The predicted molar refractivity (Wildman–Crippen MR) is 111 cm³/mol. The number of carbonyl (C=O) groups excluding carboxylic acids is 2. The number of nitriles is 1. The van der Waals surface area contributed by atoms with E-state index in [1.54, 1.807) is 12.1 Å². The summed E-state index contributed by atoms with van der Waals surface area (Å²) in [7, 11) is 0. The zero-order valence-electron chi connectivity index (χ0n) is 15.9. The lowest BCUT2D eigenvalue weighted by atomic mass is 9.89. The lowest BCUT2D eigenvalue weighted by Gasteiger charge is -2.17. The van der Waals surface area contributed by atoms with Gasteiger partial charge in [0, 0.05) is 10.3 Å². The number of esters is 1. The Balaban J connectivity index is 1.41. The molecule has 29 heavy (non-hydrogen) atoms. The van der Waals surface area contributed by atoms with Crippen LogP contribution in [0.5, 0.6) is 0 Å². The van der Waals surface area contributed by atoms with Gasteiger partial charge in [0.1, 0.15) is 16.8 Å². The summed E-state index contributed by atoms with van der Waals surface area (Å²) in [5, 5.41) is 13.7. The monoisotopic (exact) mass is 405 g/mol. The van der Waals surface area contributed by atoms with Crippen molar-refractivity contribution in [3.63, 3.8) is 0 Å². The number of hydrogen-bond acceptors (Lipinski definition) is 6. The first kappa shape index (κ1) is 19.1. The van der Waals surface area contributed by atoms with Gasteiger partial charge in [0.05, 0.1) is 11.1 Å². The lowest BCUT2D eigenvalue weighted by Crippen LogP contribution is -2.21. The van der Waals surface area contributed by atoms with Crippen LogP contribution in [0.15, 0.2) is 36.4 Å². The molecule has 3 aromatic rings. The Labute approximate surface area is 172 Å². The van der Waals surface area contributed by atoms with Crippen molar-refractivity contribution in [2.24, 2.45) is 5.92 Å². The Bertz CT molecular complexity index is 1150. The van der Waals surface area contributed by atoms with Crippen LogP contribution < -0.4 is 5.32 Å². The summed E-state index contributed by atoms with van der Waals surface area (Å²) in [6.45, 7) is 1.75. The van der Waals surface area contributed by atoms with Gasteiger partial charge in [-0.25, -0.2) is 9.78 Å². The molecule has 0 bridgehead atoms. The van der Waals surface area contributed by atoms with Gasteiger partial charge in [0.2, 0.25) is 0 Å². The molecule has 4 rings (SSSR count). The van der Waals surface area contributed by atoms with Crippen molar-refractivity contribution in [2.45, 2.75) is 26.2 Å². The maximum atomic E-state index is 12.3. The van der Waals surface area contributed by atoms with Crippen molar-refractivity contribution in [3.05, 3.63) is 58.1 Å². The number of fused-ring (bicyclic) bond motifs is 2. The normalized spacial score (nSPS) is 15.4. The summed E-state index contributed by atoms with van der Waals surface area (Å²) in [4.78, 5) is 30.0. The molecule has 0 saturated carbocycles. The quantitative estimate of drug-likeness (QED) is 0.660. The molecule has 1 aromatic carbocycles. The number of anilines is 1. The molecular weight excluding hydrogens is 386 g/mol. The smallest absolute Gasteiger partial charge is 0.357 e. The molecule has 1 amide bonds. The molecule has 1 N–H and O–H groups in total. The molecule has 0 fully saturated rings. The van der Waals surface area contributed by atoms with E-state index in [1.807, 2.05) is 24.3 Å². The molecular formula is C22H19N3O3S. The summed E-state index contributed by atoms with van der Waals surface area (Å²) in [5.74, 6) is -0.556. The highest BCUT2D eigenvalue weighted by molar-refractivity contribution is 7.16. The minimum atomic E-state index is -0.661. The molecule has 2 aromatic heterocycles. The standard InChI is InChI=1S/C22H19N3O3S/c1-13-6-8-15-16(11-23)21(29-19(15)10-13)25-20(26)12-28-22(27)18-9-7-14-4-2-3-5-17(14)24-18/h2-5,7,9,13H,6,8,10,12H2,1H3,(H,25,26)/t13-/m0/s1. The summed E-state index contributed by atoms with van der Waals surface area (Å²) < 4.78 is 5.11. The van der Waals surface area contributed by atoms with E-state index in [0.29, 0.717) is 22.0 Å². The predicted octanol–water partition coefficient (Wildman–Crippen LogP) is 4.09. The Morgan fingerprint density at radius 1 is 1.31 bits per heavy atom. The Morgan fingerprint density at radius 3 is 2.97 bits per heavy atom. The Kier molecular flexibility index (Phi) is 5.28. The molecule has 0 spiro atoms. The summed E-state index contributed by atoms with van der Waals surface area (Å²) in [6, 6.07) is 13.0. The van der Waals surface area contributed by atoms with Crippen LogP contribution >= 0.6 is 11.3 Å². The second kappa shape index (κ2) is 8.02. The van der Waals surface area contributed by atoms with E-state index in [2.05, 4.69) is 23.3 Å². The number of pyridine rings is 1. The fraction of sp³-hybridized carbons (Fsp3) is 0.273. The first-order valence-corrected chi connectivity index (χ1v) is 10.2. The number of carbonyl (C=O) groups is 2. The van der Waals surface area contributed by atoms with Crippen molar-refractivity contribution in [2.75, 3.05) is 11.9 Å². The van der Waals surface area contributed by atoms with Crippen LogP contribution in [0.2, 0.25) is 0 Å². The number of aromatic nitrogens is 1. The summed E-state index contributed by atoms with van der Waals surface area (Å²) in [5.41, 5.74) is 2.41. The molecule has 0 radical (unpaired) electrons. The third kappa shape index (κ3) is 3.98. The van der Waals surface area contributed by atoms with E-state index in [9.17, 15) is 14.9 Å². The number of benzene rings is 1. The van der Waals surface area contributed by atoms with E-state index < -0.39 is 18.5 Å². The first-order chi connectivity index (χ1) is 14.0. The van der Waals surface area contributed by atoms with Crippen LogP contribution in [0.1, 0.15) is 39.8 Å². The van der Waals surface area contributed by atoms with Gasteiger partial charge >= 0.3 is 5.97 Å². The molecule has 7 heteroatoms. The van der Waals surface area contributed by atoms with Gasteiger partial charge in [-0.05, 0) is 42.9 Å². The number of thiophene rings is 1. The van der Waals surface area contributed by atoms with E-state index >= 15 is 0 Å². The third-order valence-corrected chi connectivity index (χ3v) is 6.19. The molecule has 0 saturated heterocycles. The summed E-state index contributed by atoms with van der Waals surface area (Å²) in [6.07, 6.45) is 2.82. The highest BCUT2D eigenvalue weighted by atomic mass is 32.1. The number of rotatable bonds is 4. The molecule has 1 aliphatic carbocycles. The fourth-order valence-corrected chi connectivity index (χ4v) is 4.88. The van der Waals surface area contributed by atoms with Gasteiger partial charge in [0.25, 0.3) is 5.91 Å². The van der Waals surface area contributed by atoms with Crippen molar-refractivity contribution in [1.82, 2.24) is 4.98 Å². The van der Waals surface area contributed by atoms with Crippen LogP contribution in [-0.4, -0.2) is 23.5 Å². The van der Waals surface area contributed by atoms with Gasteiger partial charge in [-0.3, -0.25) is 4.79 Å². The number of nitrogens with one attached hydrogen (secondary N) is 1. The molecule has 146 valence electrons. The number of nitrogens with zero attached hydrogens (tertiary/aromatic N) is 2. The highest BCUT2D eigenvalue weighted by Gasteiger charge is 2.25. The first-order valence-electron chi connectivity index (χ1n) is 9.42.